The molecule has 4 rings (SSSR count). The molecule has 2 aromatic heterocycles. The van der Waals surface area contributed by atoms with Crippen LogP contribution in [0.4, 0.5) is 17.6 Å². The summed E-state index contributed by atoms with van der Waals surface area (Å²) >= 11 is 6.72. The summed E-state index contributed by atoms with van der Waals surface area (Å²) in [7, 11) is 0. The number of halogens is 6. The first-order valence-corrected chi connectivity index (χ1v) is 10.3. The summed E-state index contributed by atoms with van der Waals surface area (Å²) < 4.78 is 51.5. The van der Waals surface area contributed by atoms with E-state index in [1.165, 1.54) is 18.2 Å². The Hall–Kier alpha value is -1.93. The Kier molecular flexibility index (Phi) is 9.70. The van der Waals surface area contributed by atoms with E-state index < -0.39 is 17.6 Å². The predicted octanol–water partition coefficient (Wildman–Crippen LogP) is 7.78. The Morgan fingerprint density at radius 2 is 1.25 bits per heavy atom. The zero-order valence-corrected chi connectivity index (χ0v) is 21.5. The Morgan fingerprint density at radius 1 is 0.688 bits per heavy atom. The molecule has 0 aliphatic carbocycles. The Morgan fingerprint density at radius 3 is 1.69 bits per heavy atom. The largest absolute Gasteiger partial charge is 0.417 e. The van der Waals surface area contributed by atoms with Gasteiger partial charge in [-0.3, -0.25) is 4.39 Å². The molecule has 0 saturated heterocycles. The predicted molar refractivity (Wildman–Crippen MR) is 117 cm³/mol. The second-order valence-electron chi connectivity index (χ2n) is 6.13. The van der Waals surface area contributed by atoms with Crippen LogP contribution in [0.15, 0.2) is 82.0 Å². The molecular weight excluding hydrogens is 732 g/mol. The van der Waals surface area contributed by atoms with Crippen molar-refractivity contribution >= 4 is 31.9 Å². The van der Waals surface area contributed by atoms with Crippen LogP contribution in [0.25, 0.3) is 22.5 Å². The third-order valence-corrected chi connectivity index (χ3v) is 4.88. The molecule has 0 atom stereocenters. The summed E-state index contributed by atoms with van der Waals surface area (Å²) in [5.41, 5.74) is 1.88. The van der Waals surface area contributed by atoms with E-state index in [1.54, 1.807) is 6.20 Å². The third-order valence-electron chi connectivity index (χ3n) is 3.92. The molecule has 1 radical (unpaired) electrons. The average molecular weight is 744 g/mol. The smallest absolute Gasteiger partial charge is 0.304 e. The van der Waals surface area contributed by atoms with Crippen LogP contribution in [0.2, 0.25) is 0 Å². The summed E-state index contributed by atoms with van der Waals surface area (Å²) in [6.45, 7) is 0. The van der Waals surface area contributed by atoms with Gasteiger partial charge in [0.2, 0.25) is 0 Å². The normalized spacial score (nSPS) is 10.6. The number of nitrogens with zero attached hydrogens (tertiary/aromatic N) is 2. The molecular formula is C23H12Br2F4IrN2-2. The molecule has 0 bridgehead atoms. The minimum absolute atomic E-state index is 0. The quantitative estimate of drug-likeness (QED) is 0.155. The van der Waals surface area contributed by atoms with Crippen molar-refractivity contribution in [2.45, 2.75) is 6.18 Å². The Balaban J connectivity index is 0.000000224. The average Bonchev–Trinajstić information content (AvgIpc) is 2.75. The molecule has 0 N–H and O–H groups in total. The minimum Gasteiger partial charge on any atom is -0.304 e. The summed E-state index contributed by atoms with van der Waals surface area (Å²) in [6, 6.07) is 21.4. The van der Waals surface area contributed by atoms with Crippen LogP contribution >= 0.6 is 31.9 Å². The van der Waals surface area contributed by atoms with Gasteiger partial charge >= 0.3 is 6.18 Å². The molecule has 2 aromatic carbocycles. The second-order valence-corrected chi connectivity index (χ2v) is 7.96. The SMILES string of the molecule is Brc1c[c-]c(-c2ccc(Br)cn2)cc1.Fc1c[c-]c(-c2ccc(C(F)(F)F)cn2)cc1.[Ir]. The maximum Gasteiger partial charge on any atom is 0.417 e. The molecule has 32 heavy (non-hydrogen) atoms. The fourth-order valence-electron chi connectivity index (χ4n) is 2.39. The molecule has 9 heteroatoms. The van der Waals surface area contributed by atoms with Crippen LogP contribution in [-0.2, 0) is 26.3 Å². The van der Waals surface area contributed by atoms with Gasteiger partial charge in [-0.1, -0.05) is 28.7 Å². The fraction of sp³-hybridized carbons (Fsp3) is 0.0435. The number of benzene rings is 2. The number of alkyl halides is 3. The first-order valence-electron chi connectivity index (χ1n) is 8.72. The minimum atomic E-state index is -4.40. The van der Waals surface area contributed by atoms with Gasteiger partial charge in [-0.2, -0.15) is 13.2 Å². The van der Waals surface area contributed by atoms with E-state index in [1.807, 2.05) is 30.3 Å². The summed E-state index contributed by atoms with van der Waals surface area (Å²) in [6.07, 6.45) is -1.88. The van der Waals surface area contributed by atoms with E-state index >= 15 is 0 Å². The van der Waals surface area contributed by atoms with E-state index in [0.717, 1.165) is 38.5 Å². The maximum atomic E-state index is 12.6. The van der Waals surface area contributed by atoms with Crippen LogP contribution in [0.3, 0.4) is 0 Å². The van der Waals surface area contributed by atoms with Crippen LogP contribution in [0.5, 0.6) is 0 Å². The first-order chi connectivity index (χ1) is 14.7. The molecule has 2 heterocycles. The topological polar surface area (TPSA) is 25.8 Å². The van der Waals surface area contributed by atoms with Gasteiger partial charge < -0.3 is 9.97 Å². The number of hydrogen-bond acceptors (Lipinski definition) is 2. The number of aromatic nitrogens is 2. The molecule has 0 aliphatic rings. The molecule has 0 amide bonds. The molecule has 2 nitrogen and oxygen atoms in total. The second kappa shape index (κ2) is 11.8. The van der Waals surface area contributed by atoms with Crippen LogP contribution in [-0.4, -0.2) is 9.97 Å². The molecule has 4 aromatic rings. The standard InChI is InChI=1S/C12H6F4N.C11H6Br2N.Ir/c13-10-4-1-8(2-5-10)11-6-3-9(7-17-11)12(14,15)16;12-9-3-1-8(2-4-9)11-6-5-10(13)7-14-11;/h1,3-7H;1,3-7H;/q2*-1;. The van der Waals surface area contributed by atoms with Gasteiger partial charge in [0.1, 0.15) is 0 Å². The van der Waals surface area contributed by atoms with Crippen molar-refractivity contribution in [3.63, 3.8) is 0 Å². The van der Waals surface area contributed by atoms with E-state index in [4.69, 9.17) is 0 Å². The third kappa shape index (κ3) is 7.59. The maximum absolute atomic E-state index is 12.6. The van der Waals surface area contributed by atoms with E-state index in [-0.39, 0.29) is 20.1 Å². The fourth-order valence-corrected chi connectivity index (χ4v) is 2.87. The van der Waals surface area contributed by atoms with Gasteiger partial charge in [0.05, 0.1) is 5.56 Å². The molecule has 167 valence electrons. The number of pyridine rings is 2. The van der Waals surface area contributed by atoms with Gasteiger partial charge in [-0.15, -0.1) is 75.6 Å². The van der Waals surface area contributed by atoms with E-state index in [0.29, 0.717) is 11.3 Å². The summed E-state index contributed by atoms with van der Waals surface area (Å²) in [5, 5.41) is 0. The first kappa shape index (κ1) is 26.3. The van der Waals surface area contributed by atoms with E-state index in [2.05, 4.69) is 54.0 Å². The zero-order valence-electron chi connectivity index (χ0n) is 15.9. The van der Waals surface area contributed by atoms with Gasteiger partial charge in [0.15, 0.2) is 0 Å². The van der Waals surface area contributed by atoms with Gasteiger partial charge in [0.25, 0.3) is 0 Å². The molecule has 0 fully saturated rings. The van der Waals surface area contributed by atoms with Crippen molar-refractivity contribution in [1.82, 2.24) is 9.97 Å². The molecule has 0 aliphatic heterocycles. The Bertz CT molecular complexity index is 1070. The van der Waals surface area contributed by atoms with Crippen LogP contribution in [0.1, 0.15) is 5.56 Å². The van der Waals surface area contributed by atoms with Gasteiger partial charge in [-0.25, -0.2) is 0 Å². The van der Waals surface area contributed by atoms with Crippen molar-refractivity contribution in [2.24, 2.45) is 0 Å². The molecule has 0 saturated carbocycles. The molecule has 0 unspecified atom stereocenters. The van der Waals surface area contributed by atoms with Crippen LogP contribution < -0.4 is 0 Å². The summed E-state index contributed by atoms with van der Waals surface area (Å²) in [4.78, 5) is 7.96. The van der Waals surface area contributed by atoms with Crippen molar-refractivity contribution in [3.8, 4) is 22.5 Å². The van der Waals surface area contributed by atoms with Gasteiger partial charge in [0, 0.05) is 42.8 Å². The van der Waals surface area contributed by atoms with Crippen LogP contribution in [0, 0.1) is 17.9 Å². The summed E-state index contributed by atoms with van der Waals surface area (Å²) in [5.74, 6) is -0.458. The number of rotatable bonds is 2. The number of hydrogen-bond donors (Lipinski definition) is 0. The van der Waals surface area contributed by atoms with Gasteiger partial charge in [-0.05, 0) is 27.3 Å². The molecule has 0 spiro atoms. The van der Waals surface area contributed by atoms with Crippen molar-refractivity contribution in [2.75, 3.05) is 0 Å². The monoisotopic (exact) mass is 743 g/mol. The van der Waals surface area contributed by atoms with Crippen molar-refractivity contribution < 1.29 is 37.7 Å². The van der Waals surface area contributed by atoms with Crippen molar-refractivity contribution in [3.05, 3.63) is 106 Å². The Labute approximate surface area is 212 Å². The van der Waals surface area contributed by atoms with E-state index in [9.17, 15) is 17.6 Å². The van der Waals surface area contributed by atoms with Crippen molar-refractivity contribution in [1.29, 1.82) is 0 Å². The zero-order chi connectivity index (χ0) is 22.4.